The van der Waals surface area contributed by atoms with Crippen LogP contribution in [0.2, 0.25) is 0 Å². The summed E-state index contributed by atoms with van der Waals surface area (Å²) in [5.41, 5.74) is 3.22. The molecule has 4 nitrogen and oxygen atoms in total. The van der Waals surface area contributed by atoms with Crippen molar-refractivity contribution in [2.45, 2.75) is 33.2 Å². The van der Waals surface area contributed by atoms with Gasteiger partial charge in [0.25, 0.3) is 0 Å². The first kappa shape index (κ1) is 17.9. The van der Waals surface area contributed by atoms with E-state index in [4.69, 9.17) is 0 Å². The third-order valence-corrected chi connectivity index (χ3v) is 4.21. The summed E-state index contributed by atoms with van der Waals surface area (Å²) in [6.07, 6.45) is 0.971. The molecule has 0 saturated heterocycles. The SMILES string of the molecule is CC[C@@H](C)Nc1nc(Nc2ccc(F)c(C)c2)cc(-c2ccccc2)n1. The van der Waals surface area contributed by atoms with Crippen molar-refractivity contribution < 1.29 is 4.39 Å². The average Bonchev–Trinajstić information content (AvgIpc) is 2.65. The second kappa shape index (κ2) is 7.95. The summed E-state index contributed by atoms with van der Waals surface area (Å²) in [5.74, 6) is 1.01. The third kappa shape index (κ3) is 4.36. The molecule has 0 unspecified atom stereocenters. The molecule has 2 aromatic carbocycles. The first-order chi connectivity index (χ1) is 12.5. The summed E-state index contributed by atoms with van der Waals surface area (Å²) >= 11 is 0. The van der Waals surface area contributed by atoms with Gasteiger partial charge in [-0.3, -0.25) is 0 Å². The number of aromatic nitrogens is 2. The monoisotopic (exact) mass is 350 g/mol. The maximum Gasteiger partial charge on any atom is 0.225 e. The number of nitrogens with one attached hydrogen (secondary N) is 2. The molecule has 0 aliphatic heterocycles. The molecule has 2 N–H and O–H groups in total. The van der Waals surface area contributed by atoms with E-state index in [-0.39, 0.29) is 11.9 Å². The van der Waals surface area contributed by atoms with Crippen molar-refractivity contribution in [3.63, 3.8) is 0 Å². The van der Waals surface area contributed by atoms with Crippen LogP contribution in [0.3, 0.4) is 0 Å². The molecule has 134 valence electrons. The van der Waals surface area contributed by atoms with Gasteiger partial charge in [0.05, 0.1) is 5.69 Å². The van der Waals surface area contributed by atoms with Crippen LogP contribution in [0.25, 0.3) is 11.3 Å². The van der Waals surface area contributed by atoms with Crippen LogP contribution >= 0.6 is 0 Å². The average molecular weight is 350 g/mol. The number of hydrogen-bond donors (Lipinski definition) is 2. The molecule has 0 aliphatic carbocycles. The van der Waals surface area contributed by atoms with Gasteiger partial charge in [0.15, 0.2) is 0 Å². The van der Waals surface area contributed by atoms with E-state index in [0.717, 1.165) is 23.4 Å². The van der Waals surface area contributed by atoms with Crippen LogP contribution in [0.5, 0.6) is 0 Å². The van der Waals surface area contributed by atoms with Crippen molar-refractivity contribution in [2.24, 2.45) is 0 Å². The predicted octanol–water partition coefficient (Wildman–Crippen LogP) is 5.55. The Labute approximate surface area is 153 Å². The standard InChI is InChI=1S/C21H23FN4/c1-4-15(3)23-21-25-19(16-8-6-5-7-9-16)13-20(26-21)24-17-10-11-18(22)14(2)12-17/h5-13,15H,4H2,1-3H3,(H2,23,24,25,26)/t15-/m1/s1. The molecule has 0 amide bonds. The lowest BCUT2D eigenvalue weighted by Gasteiger charge is -2.15. The zero-order valence-corrected chi connectivity index (χ0v) is 15.3. The summed E-state index contributed by atoms with van der Waals surface area (Å²) in [6.45, 7) is 5.94. The van der Waals surface area contributed by atoms with Gasteiger partial charge in [0.2, 0.25) is 5.95 Å². The highest BCUT2D eigenvalue weighted by Crippen LogP contribution is 2.24. The minimum absolute atomic E-state index is 0.220. The van der Waals surface area contributed by atoms with Crippen LogP contribution < -0.4 is 10.6 Å². The molecule has 0 fully saturated rings. The van der Waals surface area contributed by atoms with Gasteiger partial charge in [-0.05, 0) is 44.0 Å². The molecule has 3 rings (SSSR count). The largest absolute Gasteiger partial charge is 0.352 e. The van der Waals surface area contributed by atoms with Crippen molar-refractivity contribution >= 4 is 17.5 Å². The van der Waals surface area contributed by atoms with E-state index < -0.39 is 0 Å². The van der Waals surface area contributed by atoms with Crippen molar-refractivity contribution in [3.05, 3.63) is 66.0 Å². The molecular formula is C21H23FN4. The Bertz CT molecular complexity index is 880. The van der Waals surface area contributed by atoms with Crippen LogP contribution in [0.1, 0.15) is 25.8 Å². The number of aryl methyl sites for hydroxylation is 1. The molecule has 0 spiro atoms. The molecular weight excluding hydrogens is 327 g/mol. The van der Waals surface area contributed by atoms with Gasteiger partial charge in [-0.25, -0.2) is 9.37 Å². The van der Waals surface area contributed by atoms with Crippen molar-refractivity contribution in [1.82, 2.24) is 9.97 Å². The first-order valence-electron chi connectivity index (χ1n) is 8.79. The Morgan fingerprint density at radius 2 is 1.81 bits per heavy atom. The summed E-state index contributed by atoms with van der Waals surface area (Å²) in [5, 5.41) is 6.58. The van der Waals surface area contributed by atoms with Gasteiger partial charge >= 0.3 is 0 Å². The quantitative estimate of drug-likeness (QED) is 0.612. The van der Waals surface area contributed by atoms with E-state index in [1.54, 1.807) is 19.1 Å². The van der Waals surface area contributed by atoms with Crippen molar-refractivity contribution in [3.8, 4) is 11.3 Å². The summed E-state index contributed by atoms with van der Waals surface area (Å²) < 4.78 is 13.5. The van der Waals surface area contributed by atoms with Crippen LogP contribution in [0.4, 0.5) is 21.8 Å². The zero-order chi connectivity index (χ0) is 18.5. The summed E-state index contributed by atoms with van der Waals surface area (Å²) in [6, 6.07) is 17.1. The van der Waals surface area contributed by atoms with E-state index in [2.05, 4.69) is 34.4 Å². The predicted molar refractivity (Wildman–Crippen MR) is 105 cm³/mol. The third-order valence-electron chi connectivity index (χ3n) is 4.21. The van der Waals surface area contributed by atoms with Crippen molar-refractivity contribution in [2.75, 3.05) is 10.6 Å². The number of benzene rings is 2. The molecule has 3 aromatic rings. The highest BCUT2D eigenvalue weighted by Gasteiger charge is 2.09. The fourth-order valence-electron chi connectivity index (χ4n) is 2.53. The normalized spacial score (nSPS) is 11.8. The maximum atomic E-state index is 13.5. The molecule has 5 heteroatoms. The zero-order valence-electron chi connectivity index (χ0n) is 15.3. The Morgan fingerprint density at radius 3 is 2.50 bits per heavy atom. The minimum atomic E-state index is -0.220. The molecule has 26 heavy (non-hydrogen) atoms. The van der Waals surface area contributed by atoms with Crippen LogP contribution in [-0.4, -0.2) is 16.0 Å². The molecule has 0 aliphatic rings. The van der Waals surface area contributed by atoms with Gasteiger partial charge < -0.3 is 10.6 Å². The smallest absolute Gasteiger partial charge is 0.225 e. The van der Waals surface area contributed by atoms with Gasteiger partial charge in [0, 0.05) is 23.4 Å². The molecule has 1 aromatic heterocycles. The van der Waals surface area contributed by atoms with E-state index in [1.807, 2.05) is 36.4 Å². The lowest BCUT2D eigenvalue weighted by molar-refractivity contribution is 0.619. The minimum Gasteiger partial charge on any atom is -0.352 e. The second-order valence-electron chi connectivity index (χ2n) is 6.37. The molecule has 0 bridgehead atoms. The van der Waals surface area contributed by atoms with Crippen molar-refractivity contribution in [1.29, 1.82) is 0 Å². The Kier molecular flexibility index (Phi) is 5.46. The second-order valence-corrected chi connectivity index (χ2v) is 6.37. The van der Waals surface area contributed by atoms with Gasteiger partial charge in [0.1, 0.15) is 11.6 Å². The van der Waals surface area contributed by atoms with Gasteiger partial charge in [-0.1, -0.05) is 37.3 Å². The number of halogens is 1. The van der Waals surface area contributed by atoms with E-state index in [1.165, 1.54) is 6.07 Å². The number of anilines is 3. The fraction of sp³-hybridized carbons (Fsp3) is 0.238. The van der Waals surface area contributed by atoms with Gasteiger partial charge in [-0.2, -0.15) is 4.98 Å². The van der Waals surface area contributed by atoms with Crippen LogP contribution in [0, 0.1) is 12.7 Å². The highest BCUT2D eigenvalue weighted by atomic mass is 19.1. The maximum absolute atomic E-state index is 13.5. The summed E-state index contributed by atoms with van der Waals surface area (Å²) in [7, 11) is 0. The van der Waals surface area contributed by atoms with Crippen LogP contribution in [0.15, 0.2) is 54.6 Å². The Hall–Kier alpha value is -2.95. The van der Waals surface area contributed by atoms with E-state index in [0.29, 0.717) is 17.3 Å². The first-order valence-corrected chi connectivity index (χ1v) is 8.79. The van der Waals surface area contributed by atoms with E-state index >= 15 is 0 Å². The Balaban J connectivity index is 1.97. The highest BCUT2D eigenvalue weighted by molar-refractivity contribution is 5.67. The van der Waals surface area contributed by atoms with Crippen LogP contribution in [-0.2, 0) is 0 Å². The molecule has 1 atom stereocenters. The Morgan fingerprint density at radius 1 is 1.04 bits per heavy atom. The summed E-state index contributed by atoms with van der Waals surface area (Å²) in [4.78, 5) is 9.21. The van der Waals surface area contributed by atoms with E-state index in [9.17, 15) is 4.39 Å². The van der Waals surface area contributed by atoms with Gasteiger partial charge in [-0.15, -0.1) is 0 Å². The number of rotatable bonds is 6. The lowest BCUT2D eigenvalue weighted by atomic mass is 10.1. The fourth-order valence-corrected chi connectivity index (χ4v) is 2.53. The topological polar surface area (TPSA) is 49.8 Å². The molecule has 1 heterocycles. The molecule has 0 radical (unpaired) electrons. The number of hydrogen-bond acceptors (Lipinski definition) is 4. The molecule has 0 saturated carbocycles. The number of nitrogens with zero attached hydrogens (tertiary/aromatic N) is 2. The lowest BCUT2D eigenvalue weighted by Crippen LogP contribution is -2.16.